The van der Waals surface area contributed by atoms with E-state index in [4.69, 9.17) is 4.98 Å². The zero-order valence-corrected chi connectivity index (χ0v) is 14.8. The summed E-state index contributed by atoms with van der Waals surface area (Å²) in [4.78, 5) is 6.50. The zero-order chi connectivity index (χ0) is 14.5. The first kappa shape index (κ1) is 15.8. The Balaban J connectivity index is 1.58. The van der Waals surface area contributed by atoms with Crippen LogP contribution in [-0.2, 0) is 12.2 Å². The lowest BCUT2D eigenvalue weighted by atomic mass is 9.98. The molecule has 1 atom stereocenters. The molecule has 4 heteroatoms. The number of hydrogen-bond acceptors (Lipinski definition) is 4. The lowest BCUT2D eigenvalue weighted by molar-refractivity contribution is 0.464. The second-order valence-electron chi connectivity index (χ2n) is 6.39. The van der Waals surface area contributed by atoms with Crippen LogP contribution in [0.1, 0.15) is 79.9 Å². The van der Waals surface area contributed by atoms with E-state index in [0.717, 1.165) is 17.5 Å². The highest BCUT2D eigenvalue weighted by molar-refractivity contribution is 7.99. The maximum atomic E-state index is 4.95. The van der Waals surface area contributed by atoms with E-state index in [1.54, 1.807) is 4.88 Å². The van der Waals surface area contributed by atoms with Crippen LogP contribution in [0.25, 0.3) is 0 Å². The first-order chi connectivity index (χ1) is 10.4. The summed E-state index contributed by atoms with van der Waals surface area (Å²) in [6.07, 6.45) is 12.2. The van der Waals surface area contributed by atoms with Crippen LogP contribution in [0.5, 0.6) is 0 Å². The van der Waals surface area contributed by atoms with Crippen molar-refractivity contribution < 1.29 is 0 Å². The second kappa shape index (κ2) is 7.98. The van der Waals surface area contributed by atoms with Crippen molar-refractivity contribution in [1.29, 1.82) is 0 Å². The quantitative estimate of drug-likeness (QED) is 0.789. The summed E-state index contributed by atoms with van der Waals surface area (Å²) < 4.78 is 0. The number of thioether (sulfide) groups is 1. The van der Waals surface area contributed by atoms with E-state index < -0.39 is 0 Å². The fourth-order valence-corrected chi connectivity index (χ4v) is 6.03. The van der Waals surface area contributed by atoms with Gasteiger partial charge in [0.05, 0.1) is 5.69 Å². The number of nitrogens with one attached hydrogen (secondary N) is 1. The third-order valence-electron chi connectivity index (χ3n) is 4.63. The normalized spacial score (nSPS) is 23.2. The highest BCUT2D eigenvalue weighted by Gasteiger charge is 2.24. The topological polar surface area (TPSA) is 24.9 Å². The summed E-state index contributed by atoms with van der Waals surface area (Å²) in [6, 6.07) is 0.583. The Morgan fingerprint density at radius 3 is 2.86 bits per heavy atom. The Morgan fingerprint density at radius 1 is 1.19 bits per heavy atom. The molecule has 3 rings (SSSR count). The van der Waals surface area contributed by atoms with E-state index in [2.05, 4.69) is 24.0 Å². The van der Waals surface area contributed by atoms with Crippen molar-refractivity contribution in [3.8, 4) is 0 Å². The smallest absolute Gasteiger partial charge is 0.103 e. The molecule has 21 heavy (non-hydrogen) atoms. The molecule has 1 aromatic heterocycles. The van der Waals surface area contributed by atoms with Gasteiger partial charge in [0.25, 0.3) is 0 Å². The first-order valence-corrected chi connectivity index (χ1v) is 10.6. The van der Waals surface area contributed by atoms with Crippen LogP contribution in [0.4, 0.5) is 0 Å². The molecule has 1 N–H and O–H groups in total. The lowest BCUT2D eigenvalue weighted by Crippen LogP contribution is -2.24. The molecule has 0 bridgehead atoms. The van der Waals surface area contributed by atoms with Gasteiger partial charge in [-0.25, -0.2) is 4.98 Å². The molecular weight excluding hydrogens is 296 g/mol. The Labute approximate surface area is 137 Å². The number of fused-ring (bicyclic) bond motifs is 1. The van der Waals surface area contributed by atoms with E-state index >= 15 is 0 Å². The monoisotopic (exact) mass is 324 g/mol. The molecule has 2 nitrogen and oxygen atoms in total. The lowest BCUT2D eigenvalue weighted by Gasteiger charge is -2.22. The number of hydrogen-bond donors (Lipinski definition) is 1. The molecule has 1 heterocycles. The number of thiazole rings is 1. The number of nitrogens with zero attached hydrogens (tertiary/aromatic N) is 1. The van der Waals surface area contributed by atoms with Gasteiger partial charge in [0.1, 0.15) is 5.01 Å². The minimum absolute atomic E-state index is 0.583. The van der Waals surface area contributed by atoms with Gasteiger partial charge in [0.15, 0.2) is 0 Å². The Morgan fingerprint density at radius 2 is 2.05 bits per heavy atom. The van der Waals surface area contributed by atoms with Crippen LogP contribution in [0, 0.1) is 0 Å². The minimum atomic E-state index is 0.583. The predicted molar refractivity (Wildman–Crippen MR) is 94.3 cm³/mol. The summed E-state index contributed by atoms with van der Waals surface area (Å²) in [5.74, 6) is 1.14. The fourth-order valence-electron chi connectivity index (χ4n) is 3.47. The first-order valence-electron chi connectivity index (χ1n) is 8.70. The summed E-state index contributed by atoms with van der Waals surface area (Å²) in [6.45, 7) is 3.38. The van der Waals surface area contributed by atoms with Gasteiger partial charge in [-0.05, 0) is 45.1 Å². The van der Waals surface area contributed by atoms with Crippen molar-refractivity contribution in [3.63, 3.8) is 0 Å². The highest BCUT2D eigenvalue weighted by atomic mass is 32.2. The van der Waals surface area contributed by atoms with Crippen molar-refractivity contribution >= 4 is 23.1 Å². The third-order valence-corrected chi connectivity index (χ3v) is 7.41. The van der Waals surface area contributed by atoms with Crippen LogP contribution in [0.15, 0.2) is 0 Å². The predicted octanol–water partition coefficient (Wildman–Crippen LogP) is 5.09. The van der Waals surface area contributed by atoms with Gasteiger partial charge in [0, 0.05) is 21.9 Å². The molecule has 2 aliphatic carbocycles. The van der Waals surface area contributed by atoms with Crippen molar-refractivity contribution in [1.82, 2.24) is 10.3 Å². The molecule has 118 valence electrons. The largest absolute Gasteiger partial charge is 0.309 e. The van der Waals surface area contributed by atoms with Crippen LogP contribution in [0.3, 0.4) is 0 Å². The molecule has 0 amide bonds. The van der Waals surface area contributed by atoms with Gasteiger partial charge in [-0.3, -0.25) is 0 Å². The zero-order valence-electron chi connectivity index (χ0n) is 13.2. The van der Waals surface area contributed by atoms with E-state index in [1.165, 1.54) is 68.5 Å². The summed E-state index contributed by atoms with van der Waals surface area (Å²) in [5, 5.41) is 5.98. The molecule has 1 aromatic rings. The molecule has 1 saturated carbocycles. The molecule has 0 aromatic carbocycles. The van der Waals surface area contributed by atoms with Crippen LogP contribution in [0.2, 0.25) is 0 Å². The van der Waals surface area contributed by atoms with Crippen molar-refractivity contribution in [2.24, 2.45) is 0 Å². The summed E-state index contributed by atoms with van der Waals surface area (Å²) in [5.41, 5.74) is 1.40. The van der Waals surface area contributed by atoms with Crippen LogP contribution < -0.4 is 5.32 Å². The molecule has 0 aliphatic heterocycles. The average Bonchev–Trinajstić information content (AvgIpc) is 2.95. The second-order valence-corrected chi connectivity index (χ2v) is 8.79. The third kappa shape index (κ3) is 4.23. The van der Waals surface area contributed by atoms with Gasteiger partial charge in [-0.2, -0.15) is 11.8 Å². The molecule has 0 radical (unpaired) electrons. The molecule has 2 aliphatic rings. The van der Waals surface area contributed by atoms with Crippen molar-refractivity contribution in [2.45, 2.75) is 81.8 Å². The fraction of sp³-hybridized carbons (Fsp3) is 0.824. The molecule has 1 fully saturated rings. The summed E-state index contributed by atoms with van der Waals surface area (Å²) >= 11 is 4.15. The molecule has 0 spiro atoms. The Hall–Kier alpha value is -0.0600. The Bertz CT molecular complexity index is 438. The maximum Gasteiger partial charge on any atom is 0.103 e. The highest BCUT2D eigenvalue weighted by Crippen LogP contribution is 2.37. The number of rotatable bonds is 6. The van der Waals surface area contributed by atoms with Crippen LogP contribution >= 0.6 is 23.1 Å². The molecule has 1 unspecified atom stereocenters. The van der Waals surface area contributed by atoms with E-state index in [9.17, 15) is 0 Å². The van der Waals surface area contributed by atoms with Gasteiger partial charge in [0.2, 0.25) is 0 Å². The molecular formula is C17H28N2S2. The van der Waals surface area contributed by atoms with E-state index in [1.807, 2.05) is 11.3 Å². The number of aromatic nitrogens is 1. The van der Waals surface area contributed by atoms with Gasteiger partial charge >= 0.3 is 0 Å². The van der Waals surface area contributed by atoms with Crippen molar-refractivity contribution in [2.75, 3.05) is 6.54 Å². The average molecular weight is 325 g/mol. The van der Waals surface area contributed by atoms with E-state index in [-0.39, 0.29) is 0 Å². The summed E-state index contributed by atoms with van der Waals surface area (Å²) in [7, 11) is 0. The van der Waals surface area contributed by atoms with Crippen LogP contribution in [-0.4, -0.2) is 16.8 Å². The van der Waals surface area contributed by atoms with Gasteiger partial charge in [-0.1, -0.05) is 26.2 Å². The minimum Gasteiger partial charge on any atom is -0.309 e. The molecule has 0 saturated heterocycles. The SMILES string of the molecule is CCCNC1CCCc2nc(CSC3CCCCC3)sc21. The van der Waals surface area contributed by atoms with E-state index in [0.29, 0.717) is 6.04 Å². The number of aryl methyl sites for hydroxylation is 1. The standard InChI is InChI=1S/C17H28N2S2/c1-2-11-18-14-9-6-10-15-17(14)21-16(19-15)12-20-13-7-4-3-5-8-13/h13-14,18H,2-12H2,1H3. The van der Waals surface area contributed by atoms with Gasteiger partial charge in [-0.15, -0.1) is 11.3 Å². The van der Waals surface area contributed by atoms with Crippen molar-refractivity contribution in [3.05, 3.63) is 15.6 Å². The van der Waals surface area contributed by atoms with Gasteiger partial charge < -0.3 is 5.32 Å². The maximum absolute atomic E-state index is 4.95. The Kier molecular flexibility index (Phi) is 6.01.